The summed E-state index contributed by atoms with van der Waals surface area (Å²) in [6.45, 7) is 2.81. The van der Waals surface area contributed by atoms with Crippen molar-refractivity contribution in [3.63, 3.8) is 0 Å². The van der Waals surface area contributed by atoms with Gasteiger partial charge in [0.1, 0.15) is 4.83 Å². The molecule has 0 aromatic carbocycles. The number of thiophene rings is 1. The molecule has 2 rings (SSSR count). The lowest BCUT2D eigenvalue weighted by Gasteiger charge is -1.91. The van der Waals surface area contributed by atoms with E-state index in [0.29, 0.717) is 6.54 Å². The molecule has 0 spiro atoms. The lowest BCUT2D eigenvalue weighted by Crippen LogP contribution is -1.94. The number of aryl methyl sites for hydroxylation is 2. The fraction of sp³-hybridized carbons (Fsp3) is 0.500. The molecule has 0 bridgehead atoms. The third kappa shape index (κ3) is 1.44. The molecule has 14 heavy (non-hydrogen) atoms. The number of rotatable bonds is 3. The Morgan fingerprint density at radius 3 is 3.00 bits per heavy atom. The van der Waals surface area contributed by atoms with Gasteiger partial charge in [0, 0.05) is 23.9 Å². The number of hydrogen-bond acceptors (Lipinski definition) is 3. The second-order valence-electron chi connectivity index (χ2n) is 3.46. The highest BCUT2D eigenvalue weighted by Gasteiger charge is 2.10. The lowest BCUT2D eigenvalue weighted by atomic mass is 10.2. The third-order valence-electron chi connectivity index (χ3n) is 2.33. The molecule has 0 fully saturated rings. The number of fused-ring (bicyclic) bond motifs is 1. The molecule has 0 atom stereocenters. The van der Waals surface area contributed by atoms with Crippen molar-refractivity contribution >= 4 is 21.6 Å². The highest BCUT2D eigenvalue weighted by molar-refractivity contribution is 7.18. The molecule has 0 saturated carbocycles. The van der Waals surface area contributed by atoms with Crippen LogP contribution in [-0.2, 0) is 20.0 Å². The Bertz CT molecular complexity index is 441. The highest BCUT2D eigenvalue weighted by atomic mass is 32.1. The fourth-order valence-electron chi connectivity index (χ4n) is 1.68. The maximum absolute atomic E-state index is 5.63. The minimum absolute atomic E-state index is 0.630. The minimum Gasteiger partial charge on any atom is -0.326 e. The highest BCUT2D eigenvalue weighted by Crippen LogP contribution is 2.28. The van der Waals surface area contributed by atoms with E-state index in [1.165, 1.54) is 20.8 Å². The van der Waals surface area contributed by atoms with Crippen LogP contribution >= 0.6 is 11.3 Å². The van der Waals surface area contributed by atoms with Gasteiger partial charge in [-0.05, 0) is 12.5 Å². The van der Waals surface area contributed by atoms with Crippen LogP contribution in [0.25, 0.3) is 10.2 Å². The lowest BCUT2D eigenvalue weighted by molar-refractivity contribution is 0.756. The van der Waals surface area contributed by atoms with Gasteiger partial charge in [-0.2, -0.15) is 5.10 Å². The zero-order valence-electron chi connectivity index (χ0n) is 8.58. The van der Waals surface area contributed by atoms with Crippen molar-refractivity contribution in [1.29, 1.82) is 0 Å². The summed E-state index contributed by atoms with van der Waals surface area (Å²) in [7, 11) is 2.00. The number of aromatic nitrogens is 2. The Morgan fingerprint density at radius 2 is 2.36 bits per heavy atom. The van der Waals surface area contributed by atoms with E-state index in [4.69, 9.17) is 5.73 Å². The van der Waals surface area contributed by atoms with Crippen LogP contribution in [0.5, 0.6) is 0 Å². The van der Waals surface area contributed by atoms with Gasteiger partial charge in [-0.3, -0.25) is 4.68 Å². The minimum atomic E-state index is 0.630. The van der Waals surface area contributed by atoms with Crippen LogP contribution in [0.1, 0.15) is 23.9 Å². The van der Waals surface area contributed by atoms with E-state index in [1.54, 1.807) is 11.3 Å². The average molecular weight is 209 g/mol. The van der Waals surface area contributed by atoms with Crippen LogP contribution in [0.15, 0.2) is 6.07 Å². The summed E-state index contributed by atoms with van der Waals surface area (Å²) in [5.41, 5.74) is 6.84. The molecule has 2 N–H and O–H groups in total. The standard InChI is InChI=1S/C10H15N3S/c1-3-4-9-8-5-7(6-11)14-10(8)13(2)12-9/h5H,3-4,6,11H2,1-2H3. The number of hydrogen-bond donors (Lipinski definition) is 1. The topological polar surface area (TPSA) is 43.8 Å². The second-order valence-corrected chi connectivity index (χ2v) is 4.57. The van der Waals surface area contributed by atoms with Crippen LogP contribution in [0, 0.1) is 0 Å². The maximum Gasteiger partial charge on any atom is 0.121 e. The SMILES string of the molecule is CCCc1nn(C)c2sc(CN)cc12. The zero-order valence-corrected chi connectivity index (χ0v) is 9.40. The molecule has 0 aliphatic carbocycles. The second kappa shape index (κ2) is 3.71. The molecular weight excluding hydrogens is 194 g/mol. The molecular formula is C10H15N3S. The van der Waals surface area contributed by atoms with Crippen molar-refractivity contribution in [3.8, 4) is 0 Å². The normalized spacial score (nSPS) is 11.4. The van der Waals surface area contributed by atoms with Crippen molar-refractivity contribution in [1.82, 2.24) is 9.78 Å². The van der Waals surface area contributed by atoms with Crippen LogP contribution in [0.2, 0.25) is 0 Å². The van der Waals surface area contributed by atoms with E-state index in [9.17, 15) is 0 Å². The molecule has 0 aliphatic heterocycles. The molecule has 0 amide bonds. The van der Waals surface area contributed by atoms with Gasteiger partial charge in [0.15, 0.2) is 0 Å². The van der Waals surface area contributed by atoms with Crippen LogP contribution in [0.4, 0.5) is 0 Å². The van der Waals surface area contributed by atoms with E-state index < -0.39 is 0 Å². The molecule has 0 unspecified atom stereocenters. The predicted octanol–water partition coefficient (Wildman–Crippen LogP) is 2.05. The van der Waals surface area contributed by atoms with Gasteiger partial charge < -0.3 is 5.73 Å². The molecule has 2 heterocycles. The first-order valence-corrected chi connectivity index (χ1v) is 5.72. The van der Waals surface area contributed by atoms with E-state index >= 15 is 0 Å². The molecule has 4 heteroatoms. The van der Waals surface area contributed by atoms with Gasteiger partial charge in [0.2, 0.25) is 0 Å². The van der Waals surface area contributed by atoms with Crippen LogP contribution < -0.4 is 5.73 Å². The van der Waals surface area contributed by atoms with Crippen molar-refractivity contribution in [2.75, 3.05) is 0 Å². The third-order valence-corrected chi connectivity index (χ3v) is 3.55. The van der Waals surface area contributed by atoms with E-state index in [0.717, 1.165) is 12.8 Å². The van der Waals surface area contributed by atoms with E-state index in [1.807, 2.05) is 11.7 Å². The van der Waals surface area contributed by atoms with Gasteiger partial charge in [-0.1, -0.05) is 13.3 Å². The van der Waals surface area contributed by atoms with Crippen LogP contribution in [-0.4, -0.2) is 9.78 Å². The number of nitrogens with zero attached hydrogens (tertiary/aromatic N) is 2. The van der Waals surface area contributed by atoms with Crippen molar-refractivity contribution < 1.29 is 0 Å². The largest absolute Gasteiger partial charge is 0.326 e. The van der Waals surface area contributed by atoms with E-state index in [2.05, 4.69) is 18.1 Å². The summed E-state index contributed by atoms with van der Waals surface area (Å²) in [5.74, 6) is 0. The predicted molar refractivity (Wildman–Crippen MR) is 60.5 cm³/mol. The Morgan fingerprint density at radius 1 is 1.57 bits per heavy atom. The summed E-state index contributed by atoms with van der Waals surface area (Å²) in [4.78, 5) is 2.49. The quantitative estimate of drug-likeness (QED) is 0.840. The Kier molecular flexibility index (Phi) is 2.56. The molecule has 2 aromatic heterocycles. The van der Waals surface area contributed by atoms with Gasteiger partial charge in [0.25, 0.3) is 0 Å². The van der Waals surface area contributed by atoms with Gasteiger partial charge in [-0.25, -0.2) is 0 Å². The Hall–Kier alpha value is -0.870. The van der Waals surface area contributed by atoms with Crippen molar-refractivity contribution in [2.45, 2.75) is 26.3 Å². The molecule has 3 nitrogen and oxygen atoms in total. The average Bonchev–Trinajstić information content (AvgIpc) is 2.69. The molecule has 0 saturated heterocycles. The van der Waals surface area contributed by atoms with Gasteiger partial charge in [-0.15, -0.1) is 11.3 Å². The first kappa shape index (κ1) is 9.68. The van der Waals surface area contributed by atoms with Crippen molar-refractivity contribution in [2.24, 2.45) is 12.8 Å². The monoisotopic (exact) mass is 209 g/mol. The summed E-state index contributed by atoms with van der Waals surface area (Å²) < 4.78 is 1.96. The molecule has 76 valence electrons. The molecule has 0 aliphatic rings. The van der Waals surface area contributed by atoms with Gasteiger partial charge in [0.05, 0.1) is 5.69 Å². The first-order valence-electron chi connectivity index (χ1n) is 4.90. The summed E-state index contributed by atoms with van der Waals surface area (Å²) >= 11 is 1.75. The summed E-state index contributed by atoms with van der Waals surface area (Å²) in [6.07, 6.45) is 2.19. The van der Waals surface area contributed by atoms with E-state index in [-0.39, 0.29) is 0 Å². The molecule has 2 aromatic rings. The zero-order chi connectivity index (χ0) is 10.1. The Balaban J connectivity index is 2.55. The maximum atomic E-state index is 5.63. The Labute approximate surface area is 87.5 Å². The van der Waals surface area contributed by atoms with Gasteiger partial charge >= 0.3 is 0 Å². The van der Waals surface area contributed by atoms with Crippen molar-refractivity contribution in [3.05, 3.63) is 16.6 Å². The smallest absolute Gasteiger partial charge is 0.121 e. The molecule has 0 radical (unpaired) electrons. The summed E-state index contributed by atoms with van der Waals surface area (Å²) in [5, 5.41) is 5.79. The summed E-state index contributed by atoms with van der Waals surface area (Å²) in [6, 6.07) is 2.18. The first-order chi connectivity index (χ1) is 6.76. The number of nitrogens with two attached hydrogens (primary N) is 1. The van der Waals surface area contributed by atoms with Crippen LogP contribution in [0.3, 0.4) is 0 Å². The fourth-order valence-corrected chi connectivity index (χ4v) is 2.65.